The van der Waals surface area contributed by atoms with E-state index in [1.807, 2.05) is 18.2 Å². The second kappa shape index (κ2) is 13.0. The maximum Gasteiger partial charge on any atom is 0.0713 e. The first kappa shape index (κ1) is 34.2. The molecule has 2 heteroatoms. The van der Waals surface area contributed by atoms with Gasteiger partial charge >= 0.3 is 0 Å². The predicted octanol–water partition coefficient (Wildman–Crippen LogP) is 13.3. The molecular weight excluding hydrogens is 641 g/mol. The Bertz CT molecular complexity index is 2370. The molecule has 7 aromatic rings. The van der Waals surface area contributed by atoms with Gasteiger partial charge in [-0.15, -0.1) is 0 Å². The third-order valence-corrected chi connectivity index (χ3v) is 11.0. The van der Waals surface area contributed by atoms with Crippen molar-refractivity contribution < 1.29 is 0 Å². The molecule has 3 N–H and O–H groups in total. The first-order valence-electron chi connectivity index (χ1n) is 18.7. The fourth-order valence-electron chi connectivity index (χ4n) is 8.17. The molecule has 0 saturated heterocycles. The molecule has 0 heterocycles. The third-order valence-electron chi connectivity index (χ3n) is 11.0. The van der Waals surface area contributed by atoms with Gasteiger partial charge in [0, 0.05) is 11.1 Å². The highest BCUT2D eigenvalue weighted by atomic mass is 14.9. The van der Waals surface area contributed by atoms with E-state index in [0.29, 0.717) is 5.69 Å². The topological polar surface area (TPSA) is 38.0 Å². The van der Waals surface area contributed by atoms with Crippen LogP contribution in [0.25, 0.3) is 33.4 Å². The lowest BCUT2D eigenvalue weighted by Gasteiger charge is -2.34. The summed E-state index contributed by atoms with van der Waals surface area (Å²) in [7, 11) is 0. The van der Waals surface area contributed by atoms with E-state index in [2.05, 4.69) is 192 Å². The molecule has 7 aromatic carbocycles. The molecule has 53 heavy (non-hydrogen) atoms. The van der Waals surface area contributed by atoms with Gasteiger partial charge in [-0.1, -0.05) is 187 Å². The lowest BCUT2D eigenvalue weighted by Crippen LogP contribution is -2.28. The molecular formula is C51H48N2. The van der Waals surface area contributed by atoms with Gasteiger partial charge in [0.15, 0.2) is 0 Å². The number of hydrogen-bond acceptors (Lipinski definition) is 2. The highest BCUT2D eigenvalue weighted by Crippen LogP contribution is 2.57. The van der Waals surface area contributed by atoms with Gasteiger partial charge < -0.3 is 11.1 Å². The van der Waals surface area contributed by atoms with Crippen molar-refractivity contribution in [1.29, 1.82) is 0 Å². The number of rotatable bonds is 6. The number of nitrogen functional groups attached to an aromatic ring is 1. The Hall–Kier alpha value is -5.86. The number of benzene rings is 7. The summed E-state index contributed by atoms with van der Waals surface area (Å²) in [6.45, 7) is 13.8. The maximum atomic E-state index is 6.63. The van der Waals surface area contributed by atoms with Crippen molar-refractivity contribution in [2.24, 2.45) is 0 Å². The molecule has 8 rings (SSSR count). The summed E-state index contributed by atoms with van der Waals surface area (Å²) in [4.78, 5) is 0. The van der Waals surface area contributed by atoms with Crippen LogP contribution in [-0.2, 0) is 16.2 Å². The maximum absolute atomic E-state index is 6.63. The van der Waals surface area contributed by atoms with Crippen LogP contribution in [0, 0.1) is 0 Å². The molecule has 0 aromatic heterocycles. The van der Waals surface area contributed by atoms with Crippen LogP contribution in [-0.4, -0.2) is 0 Å². The van der Waals surface area contributed by atoms with E-state index in [1.165, 1.54) is 50.1 Å². The molecule has 0 spiro atoms. The summed E-state index contributed by atoms with van der Waals surface area (Å²) in [6.07, 6.45) is 0. The molecule has 0 amide bonds. The highest BCUT2D eigenvalue weighted by Gasteiger charge is 2.46. The number of nitrogens with two attached hydrogens (primary N) is 1. The van der Waals surface area contributed by atoms with Gasteiger partial charge in [-0.25, -0.2) is 0 Å². The average molecular weight is 689 g/mol. The molecule has 0 unspecified atom stereocenters. The predicted molar refractivity (Wildman–Crippen MR) is 226 cm³/mol. The van der Waals surface area contributed by atoms with Crippen LogP contribution in [0.4, 0.5) is 17.1 Å². The Balaban J connectivity index is 1.42. The molecule has 0 saturated carbocycles. The third kappa shape index (κ3) is 5.93. The van der Waals surface area contributed by atoms with E-state index < -0.39 is 5.41 Å². The van der Waals surface area contributed by atoms with E-state index in [0.717, 1.165) is 28.1 Å². The Morgan fingerprint density at radius 3 is 1.55 bits per heavy atom. The standard InChI is InChI=1S/C51H48N2/c1-49(2,3)38-30-35(31-39(33-38)50(4,5)6)41-24-17-23-40(48(41)53-47-27-16-15-26-46(47)52)34-28-29-43-42-22-13-14-25-44(42)51(45(43)32-34,36-18-9-7-10-19-36)37-20-11-8-12-21-37/h7-33,53H,52H2,1-6H3. The first-order chi connectivity index (χ1) is 25.5. The summed E-state index contributed by atoms with van der Waals surface area (Å²) < 4.78 is 0. The van der Waals surface area contributed by atoms with Crippen molar-refractivity contribution in [2.45, 2.75) is 57.8 Å². The van der Waals surface area contributed by atoms with E-state index in [4.69, 9.17) is 5.73 Å². The van der Waals surface area contributed by atoms with Crippen LogP contribution in [0.5, 0.6) is 0 Å². The van der Waals surface area contributed by atoms with Gasteiger partial charge in [-0.3, -0.25) is 0 Å². The molecule has 0 aliphatic heterocycles. The minimum atomic E-state index is -0.484. The normalized spacial score (nSPS) is 13.3. The molecule has 1 aliphatic rings. The summed E-state index contributed by atoms with van der Waals surface area (Å²) in [5.74, 6) is 0. The minimum absolute atomic E-state index is 0.0156. The average Bonchev–Trinajstić information content (AvgIpc) is 3.46. The summed E-state index contributed by atoms with van der Waals surface area (Å²) in [5.41, 5.74) is 23.7. The van der Waals surface area contributed by atoms with Gasteiger partial charge in [-0.05, 0) is 84.7 Å². The van der Waals surface area contributed by atoms with E-state index in [9.17, 15) is 0 Å². The molecule has 2 nitrogen and oxygen atoms in total. The molecule has 262 valence electrons. The molecule has 0 bridgehead atoms. The van der Waals surface area contributed by atoms with Crippen molar-refractivity contribution in [2.75, 3.05) is 11.1 Å². The Morgan fingerprint density at radius 2 is 0.943 bits per heavy atom. The van der Waals surface area contributed by atoms with Crippen molar-refractivity contribution in [3.8, 4) is 33.4 Å². The zero-order chi connectivity index (χ0) is 37.0. The first-order valence-corrected chi connectivity index (χ1v) is 18.7. The number of anilines is 3. The fraction of sp³-hybridized carbons (Fsp3) is 0.176. The number of nitrogens with one attached hydrogen (secondary N) is 1. The second-order valence-electron chi connectivity index (χ2n) is 16.5. The molecule has 1 aliphatic carbocycles. The summed E-state index contributed by atoms with van der Waals surface area (Å²) in [5, 5.41) is 3.87. The zero-order valence-corrected chi connectivity index (χ0v) is 31.7. The summed E-state index contributed by atoms with van der Waals surface area (Å²) in [6, 6.07) is 59.9. The second-order valence-corrected chi connectivity index (χ2v) is 16.5. The minimum Gasteiger partial charge on any atom is -0.397 e. The molecule has 0 atom stereocenters. The van der Waals surface area contributed by atoms with Crippen LogP contribution in [0.2, 0.25) is 0 Å². The van der Waals surface area contributed by atoms with Crippen LogP contribution < -0.4 is 11.1 Å². The van der Waals surface area contributed by atoms with Crippen LogP contribution in [0.15, 0.2) is 164 Å². The fourth-order valence-corrected chi connectivity index (χ4v) is 8.17. The van der Waals surface area contributed by atoms with Crippen molar-refractivity contribution in [3.63, 3.8) is 0 Å². The number of fused-ring (bicyclic) bond motifs is 3. The van der Waals surface area contributed by atoms with Gasteiger partial charge in [0.2, 0.25) is 0 Å². The van der Waals surface area contributed by atoms with Crippen LogP contribution in [0.1, 0.15) is 74.9 Å². The smallest absolute Gasteiger partial charge is 0.0713 e. The number of hydrogen-bond donors (Lipinski definition) is 2. The van der Waals surface area contributed by atoms with E-state index in [-0.39, 0.29) is 10.8 Å². The van der Waals surface area contributed by atoms with Crippen LogP contribution in [0.3, 0.4) is 0 Å². The van der Waals surface area contributed by atoms with Crippen molar-refractivity contribution in [1.82, 2.24) is 0 Å². The largest absolute Gasteiger partial charge is 0.397 e. The SMILES string of the molecule is CC(C)(C)c1cc(-c2cccc(-c3ccc4c(c3)C(c3ccccc3)(c3ccccc3)c3ccccc3-4)c2Nc2ccccc2N)cc(C(C)(C)C)c1. The number of para-hydroxylation sites is 3. The van der Waals surface area contributed by atoms with Gasteiger partial charge in [0.1, 0.15) is 0 Å². The van der Waals surface area contributed by atoms with Crippen molar-refractivity contribution in [3.05, 3.63) is 197 Å². The Labute approximate surface area is 315 Å². The van der Waals surface area contributed by atoms with E-state index >= 15 is 0 Å². The quantitative estimate of drug-likeness (QED) is 0.171. The van der Waals surface area contributed by atoms with Gasteiger partial charge in [-0.2, -0.15) is 0 Å². The van der Waals surface area contributed by atoms with Crippen LogP contribution >= 0.6 is 0 Å². The summed E-state index contributed by atoms with van der Waals surface area (Å²) >= 11 is 0. The Morgan fingerprint density at radius 1 is 0.434 bits per heavy atom. The monoisotopic (exact) mass is 688 g/mol. The van der Waals surface area contributed by atoms with Gasteiger partial charge in [0.05, 0.1) is 22.5 Å². The van der Waals surface area contributed by atoms with E-state index in [1.54, 1.807) is 0 Å². The van der Waals surface area contributed by atoms with Crippen molar-refractivity contribution >= 4 is 17.1 Å². The lowest BCUT2D eigenvalue weighted by atomic mass is 9.67. The zero-order valence-electron chi connectivity index (χ0n) is 31.7. The van der Waals surface area contributed by atoms with Gasteiger partial charge in [0.25, 0.3) is 0 Å². The lowest BCUT2D eigenvalue weighted by molar-refractivity contribution is 0.569. The highest BCUT2D eigenvalue weighted by molar-refractivity contribution is 5.96. The molecule has 0 radical (unpaired) electrons. The molecule has 0 fully saturated rings. The Kier molecular flexibility index (Phi) is 8.38.